The monoisotopic (exact) mass is 355 g/mol. The lowest BCUT2D eigenvalue weighted by molar-refractivity contribution is 0.0756. The lowest BCUT2D eigenvalue weighted by Crippen LogP contribution is -2.53. The molecule has 3 N–H and O–H groups in total. The van der Waals surface area contributed by atoms with Crippen LogP contribution in [-0.4, -0.2) is 32.8 Å². The van der Waals surface area contributed by atoms with Crippen LogP contribution in [0, 0.1) is 17.8 Å². The van der Waals surface area contributed by atoms with Gasteiger partial charge in [0.1, 0.15) is 0 Å². The minimum absolute atomic E-state index is 0.0200. The van der Waals surface area contributed by atoms with Crippen LogP contribution < -0.4 is 11.1 Å². The average Bonchev–Trinajstić information content (AvgIpc) is 2.97. The van der Waals surface area contributed by atoms with E-state index in [2.05, 4.69) is 29.2 Å². The van der Waals surface area contributed by atoms with Gasteiger partial charge in [0.05, 0.1) is 11.8 Å². The van der Waals surface area contributed by atoms with Gasteiger partial charge in [0, 0.05) is 30.2 Å². The zero-order valence-corrected chi connectivity index (χ0v) is 15.7. The van der Waals surface area contributed by atoms with E-state index < -0.39 is 0 Å². The lowest BCUT2D eigenvalue weighted by atomic mass is 9.67. The summed E-state index contributed by atoms with van der Waals surface area (Å²) in [6.07, 6.45) is 9.15. The molecule has 2 unspecified atom stereocenters. The summed E-state index contributed by atoms with van der Waals surface area (Å²) in [5.41, 5.74) is 7.66. The summed E-state index contributed by atoms with van der Waals surface area (Å²) in [5.74, 6) is 1.52. The molecule has 2 aliphatic rings. The summed E-state index contributed by atoms with van der Waals surface area (Å²) >= 11 is 0. The normalized spacial score (nSPS) is 28.5. The number of hydrogen-bond acceptors (Lipinski definition) is 4. The predicted octanol–water partition coefficient (Wildman–Crippen LogP) is 2.72. The highest BCUT2D eigenvalue weighted by molar-refractivity contribution is 5.97. The van der Waals surface area contributed by atoms with Gasteiger partial charge in [0.2, 0.25) is 0 Å². The Bertz CT molecular complexity index is 785. The van der Waals surface area contributed by atoms with Crippen molar-refractivity contribution in [3.05, 3.63) is 24.0 Å². The third kappa shape index (κ3) is 3.34. The molecule has 4 rings (SSSR count). The molecule has 6 nitrogen and oxygen atoms in total. The molecule has 2 aromatic heterocycles. The minimum atomic E-state index is -0.0200. The van der Waals surface area contributed by atoms with Gasteiger partial charge < -0.3 is 11.1 Å². The molecular formula is C20H29N5O. The van der Waals surface area contributed by atoms with Crippen LogP contribution in [0.5, 0.6) is 0 Å². The highest BCUT2D eigenvalue weighted by atomic mass is 16.1. The fraction of sp³-hybridized carbons (Fsp3) is 0.650. The maximum absolute atomic E-state index is 12.8. The molecule has 140 valence electrons. The van der Waals surface area contributed by atoms with Crippen molar-refractivity contribution in [1.82, 2.24) is 20.1 Å². The Labute approximate surface area is 154 Å². The first kappa shape index (κ1) is 17.5. The van der Waals surface area contributed by atoms with Crippen molar-refractivity contribution >= 4 is 16.9 Å². The van der Waals surface area contributed by atoms with Crippen LogP contribution in [-0.2, 0) is 6.54 Å². The summed E-state index contributed by atoms with van der Waals surface area (Å²) in [4.78, 5) is 17.4. The fourth-order valence-electron chi connectivity index (χ4n) is 4.84. The number of nitrogens with zero attached hydrogens (tertiary/aromatic N) is 3. The third-order valence-corrected chi connectivity index (χ3v) is 5.95. The van der Waals surface area contributed by atoms with Crippen LogP contribution in [0.25, 0.3) is 11.0 Å². The summed E-state index contributed by atoms with van der Waals surface area (Å²) < 4.78 is 1.91. The number of nitrogens with one attached hydrogen (secondary N) is 1. The number of aromatic nitrogens is 3. The summed E-state index contributed by atoms with van der Waals surface area (Å²) in [6.45, 7) is 5.14. The fourth-order valence-corrected chi connectivity index (χ4v) is 4.84. The Kier molecular flexibility index (Phi) is 4.69. The van der Waals surface area contributed by atoms with Gasteiger partial charge in [0.25, 0.3) is 5.91 Å². The smallest absolute Gasteiger partial charge is 0.253 e. The SMILES string of the molecule is CC(C)Cn1ncc2cc(C(=O)NC3C4CCCC3CC(N)C4)cnc21. The van der Waals surface area contributed by atoms with Gasteiger partial charge in [0.15, 0.2) is 5.65 Å². The van der Waals surface area contributed by atoms with Crippen LogP contribution >= 0.6 is 0 Å². The van der Waals surface area contributed by atoms with E-state index in [0.717, 1.165) is 30.4 Å². The van der Waals surface area contributed by atoms with Crippen molar-refractivity contribution in [2.75, 3.05) is 0 Å². The maximum atomic E-state index is 12.8. The molecule has 0 aromatic carbocycles. The third-order valence-electron chi connectivity index (χ3n) is 5.95. The molecule has 0 spiro atoms. The van der Waals surface area contributed by atoms with Crippen LogP contribution in [0.3, 0.4) is 0 Å². The van der Waals surface area contributed by atoms with Crippen LogP contribution in [0.4, 0.5) is 0 Å². The molecule has 2 aliphatic carbocycles. The summed E-state index contributed by atoms with van der Waals surface area (Å²) in [7, 11) is 0. The molecule has 0 aliphatic heterocycles. The Morgan fingerprint density at radius 1 is 1.31 bits per heavy atom. The minimum Gasteiger partial charge on any atom is -0.349 e. The number of nitrogens with two attached hydrogens (primary N) is 1. The molecule has 6 heteroatoms. The van der Waals surface area contributed by atoms with Crippen molar-refractivity contribution in [3.8, 4) is 0 Å². The Morgan fingerprint density at radius 3 is 2.73 bits per heavy atom. The number of rotatable bonds is 4. The predicted molar refractivity (Wildman–Crippen MR) is 102 cm³/mol. The second-order valence-corrected chi connectivity index (χ2v) is 8.54. The summed E-state index contributed by atoms with van der Waals surface area (Å²) in [6, 6.07) is 2.46. The molecule has 2 saturated carbocycles. The standard InChI is InChI=1S/C20H29N5O/c1-12(2)11-25-19-15(10-23-25)6-16(9-22-19)20(26)24-18-13-4-3-5-14(18)8-17(21)7-13/h6,9-10,12-14,17-18H,3-5,7-8,11,21H2,1-2H3,(H,24,26). The van der Waals surface area contributed by atoms with E-state index >= 15 is 0 Å². The number of carbonyl (C=O) groups excluding carboxylic acids is 1. The van der Waals surface area contributed by atoms with E-state index in [9.17, 15) is 4.79 Å². The van der Waals surface area contributed by atoms with Gasteiger partial charge in [-0.15, -0.1) is 0 Å². The number of fused-ring (bicyclic) bond motifs is 3. The molecule has 2 bridgehead atoms. The number of carbonyl (C=O) groups is 1. The number of pyridine rings is 1. The van der Waals surface area contributed by atoms with Crippen molar-refractivity contribution in [2.45, 2.75) is 64.6 Å². The molecule has 1 amide bonds. The lowest BCUT2D eigenvalue weighted by Gasteiger charge is -2.45. The first-order valence-corrected chi connectivity index (χ1v) is 9.89. The first-order chi connectivity index (χ1) is 12.5. The van der Waals surface area contributed by atoms with Crippen LogP contribution in [0.2, 0.25) is 0 Å². The molecule has 2 atom stereocenters. The molecule has 2 aromatic rings. The van der Waals surface area contributed by atoms with E-state index in [4.69, 9.17) is 5.73 Å². The molecule has 2 fully saturated rings. The maximum Gasteiger partial charge on any atom is 0.253 e. The quantitative estimate of drug-likeness (QED) is 0.883. The van der Waals surface area contributed by atoms with E-state index in [-0.39, 0.29) is 11.9 Å². The number of hydrogen-bond donors (Lipinski definition) is 2. The van der Waals surface area contributed by atoms with Crippen molar-refractivity contribution in [2.24, 2.45) is 23.5 Å². The van der Waals surface area contributed by atoms with Crippen LogP contribution in [0.15, 0.2) is 18.5 Å². The first-order valence-electron chi connectivity index (χ1n) is 9.89. The Balaban J connectivity index is 1.51. The summed E-state index contributed by atoms with van der Waals surface area (Å²) in [5, 5.41) is 8.64. The van der Waals surface area contributed by atoms with E-state index in [1.54, 1.807) is 12.4 Å². The molecule has 2 heterocycles. The molecule has 0 saturated heterocycles. The van der Waals surface area contributed by atoms with Crippen molar-refractivity contribution in [1.29, 1.82) is 0 Å². The molecule has 0 radical (unpaired) electrons. The highest BCUT2D eigenvalue weighted by Gasteiger charge is 2.40. The molecular weight excluding hydrogens is 326 g/mol. The van der Waals surface area contributed by atoms with Crippen LogP contribution in [0.1, 0.15) is 56.3 Å². The molecule has 26 heavy (non-hydrogen) atoms. The highest BCUT2D eigenvalue weighted by Crippen LogP contribution is 2.39. The van der Waals surface area contributed by atoms with Crippen molar-refractivity contribution in [3.63, 3.8) is 0 Å². The number of amides is 1. The van der Waals surface area contributed by atoms with Gasteiger partial charge in [-0.1, -0.05) is 20.3 Å². The zero-order chi connectivity index (χ0) is 18.3. The van der Waals surface area contributed by atoms with Crippen molar-refractivity contribution < 1.29 is 4.79 Å². The zero-order valence-electron chi connectivity index (χ0n) is 15.7. The van der Waals surface area contributed by atoms with E-state index in [1.165, 1.54) is 19.3 Å². The Hall–Kier alpha value is -1.95. The average molecular weight is 355 g/mol. The van der Waals surface area contributed by atoms with Gasteiger partial charge >= 0.3 is 0 Å². The van der Waals surface area contributed by atoms with E-state index in [1.807, 2.05) is 10.7 Å². The van der Waals surface area contributed by atoms with Gasteiger partial charge in [-0.05, 0) is 49.5 Å². The van der Waals surface area contributed by atoms with Gasteiger partial charge in [-0.2, -0.15) is 5.10 Å². The second-order valence-electron chi connectivity index (χ2n) is 8.54. The van der Waals surface area contributed by atoms with Gasteiger partial charge in [-0.25, -0.2) is 9.67 Å². The van der Waals surface area contributed by atoms with E-state index in [0.29, 0.717) is 29.4 Å². The second kappa shape index (κ2) is 6.99. The topological polar surface area (TPSA) is 85.8 Å². The Morgan fingerprint density at radius 2 is 2.04 bits per heavy atom. The largest absolute Gasteiger partial charge is 0.349 e. The van der Waals surface area contributed by atoms with Gasteiger partial charge in [-0.3, -0.25) is 4.79 Å².